The van der Waals surface area contributed by atoms with Gasteiger partial charge < -0.3 is 14.4 Å². The molecule has 0 aliphatic carbocycles. The van der Waals surface area contributed by atoms with E-state index < -0.39 is 5.60 Å². The lowest BCUT2D eigenvalue weighted by atomic mass is 9.81. The summed E-state index contributed by atoms with van der Waals surface area (Å²) in [5.74, 6) is 1.72. The number of carbonyl (C=O) groups is 2. The van der Waals surface area contributed by atoms with Crippen LogP contribution in [0.15, 0.2) is 42.5 Å². The first-order valence-electron chi connectivity index (χ1n) is 10.2. The highest BCUT2D eigenvalue weighted by molar-refractivity contribution is 6.01. The largest absolute Gasteiger partial charge is 0.493 e. The predicted octanol–water partition coefficient (Wildman–Crippen LogP) is 4.10. The number of hydrogen-bond donors (Lipinski definition) is 0. The Hall–Kier alpha value is -2.82. The number of fused-ring (bicyclic) bond motifs is 1. The van der Waals surface area contributed by atoms with Crippen molar-refractivity contribution in [2.75, 3.05) is 19.7 Å². The standard InChI is InChI=1S/C24H27NO4/c1-17-14-18(2)23-20(26)16-24(29-21(23)15-17)9-11-25(12-10-24)22(27)8-13-28-19-6-4-3-5-7-19/h3-7,14-15H,8-13,16H2,1-2H3. The minimum atomic E-state index is -0.484. The Morgan fingerprint density at radius 3 is 2.59 bits per heavy atom. The van der Waals surface area contributed by atoms with Crippen LogP contribution in [-0.4, -0.2) is 41.9 Å². The molecule has 0 N–H and O–H groups in total. The minimum absolute atomic E-state index is 0.0880. The molecular formula is C24H27NO4. The van der Waals surface area contributed by atoms with Crippen molar-refractivity contribution in [1.82, 2.24) is 4.90 Å². The van der Waals surface area contributed by atoms with Gasteiger partial charge in [-0.1, -0.05) is 24.3 Å². The third-order valence-electron chi connectivity index (χ3n) is 5.89. The first-order valence-corrected chi connectivity index (χ1v) is 10.2. The molecule has 1 fully saturated rings. The molecule has 4 rings (SSSR count). The first-order chi connectivity index (χ1) is 14.0. The summed E-state index contributed by atoms with van der Waals surface area (Å²) in [5.41, 5.74) is 2.31. The van der Waals surface area contributed by atoms with Crippen LogP contribution in [0.2, 0.25) is 0 Å². The molecule has 0 bridgehead atoms. The highest BCUT2D eigenvalue weighted by Gasteiger charge is 2.44. The molecule has 1 spiro atoms. The van der Waals surface area contributed by atoms with E-state index in [0.717, 1.165) is 22.4 Å². The van der Waals surface area contributed by atoms with Crippen LogP contribution in [0.3, 0.4) is 0 Å². The second-order valence-corrected chi connectivity index (χ2v) is 8.13. The Kier molecular flexibility index (Phi) is 5.31. The smallest absolute Gasteiger partial charge is 0.226 e. The van der Waals surface area contributed by atoms with E-state index in [1.807, 2.05) is 61.2 Å². The number of ketones is 1. The van der Waals surface area contributed by atoms with Crippen LogP contribution in [0.5, 0.6) is 11.5 Å². The molecule has 2 aromatic rings. The molecule has 1 saturated heterocycles. The lowest BCUT2D eigenvalue weighted by Crippen LogP contribution is -2.52. The van der Waals surface area contributed by atoms with Gasteiger partial charge in [0.25, 0.3) is 0 Å². The van der Waals surface area contributed by atoms with E-state index >= 15 is 0 Å². The van der Waals surface area contributed by atoms with Gasteiger partial charge in [-0.25, -0.2) is 0 Å². The lowest BCUT2D eigenvalue weighted by molar-refractivity contribution is -0.135. The van der Waals surface area contributed by atoms with Gasteiger partial charge in [0.15, 0.2) is 5.78 Å². The molecule has 0 atom stereocenters. The van der Waals surface area contributed by atoms with E-state index in [0.29, 0.717) is 51.1 Å². The number of carbonyl (C=O) groups excluding carboxylic acids is 2. The molecule has 0 radical (unpaired) electrons. The predicted molar refractivity (Wildman–Crippen MR) is 111 cm³/mol. The molecule has 2 aromatic carbocycles. The average Bonchev–Trinajstić information content (AvgIpc) is 2.68. The van der Waals surface area contributed by atoms with Crippen molar-refractivity contribution in [3.05, 3.63) is 59.2 Å². The molecule has 2 heterocycles. The van der Waals surface area contributed by atoms with Gasteiger partial charge in [0.2, 0.25) is 5.91 Å². The molecule has 5 nitrogen and oxygen atoms in total. The van der Waals surface area contributed by atoms with E-state index in [1.54, 1.807) is 0 Å². The zero-order chi connectivity index (χ0) is 20.4. The number of benzene rings is 2. The number of likely N-dealkylation sites (tertiary alicyclic amines) is 1. The number of ether oxygens (including phenoxy) is 2. The van der Waals surface area contributed by atoms with Gasteiger partial charge in [0.1, 0.15) is 17.1 Å². The second-order valence-electron chi connectivity index (χ2n) is 8.13. The summed E-state index contributed by atoms with van der Waals surface area (Å²) in [4.78, 5) is 27.2. The SMILES string of the molecule is Cc1cc(C)c2c(c1)OC1(CCN(C(=O)CCOc3ccccc3)CC1)CC2=O. The van der Waals surface area contributed by atoms with E-state index in [-0.39, 0.29) is 11.7 Å². The van der Waals surface area contributed by atoms with Gasteiger partial charge >= 0.3 is 0 Å². The van der Waals surface area contributed by atoms with E-state index in [4.69, 9.17) is 9.47 Å². The van der Waals surface area contributed by atoms with Gasteiger partial charge in [-0.05, 0) is 43.2 Å². The average molecular weight is 393 g/mol. The van der Waals surface area contributed by atoms with Crippen molar-refractivity contribution in [1.29, 1.82) is 0 Å². The molecule has 0 unspecified atom stereocenters. The molecule has 1 amide bonds. The molecule has 5 heteroatoms. The van der Waals surface area contributed by atoms with Crippen molar-refractivity contribution in [3.8, 4) is 11.5 Å². The van der Waals surface area contributed by atoms with Gasteiger partial charge in [-0.15, -0.1) is 0 Å². The highest BCUT2D eigenvalue weighted by atomic mass is 16.5. The summed E-state index contributed by atoms with van der Waals surface area (Å²) in [5, 5.41) is 0. The second kappa shape index (κ2) is 7.90. The monoisotopic (exact) mass is 393 g/mol. The summed E-state index contributed by atoms with van der Waals surface area (Å²) in [6.07, 6.45) is 2.10. The topological polar surface area (TPSA) is 55.8 Å². The summed E-state index contributed by atoms with van der Waals surface area (Å²) in [6, 6.07) is 13.5. The van der Waals surface area contributed by atoms with Gasteiger partial charge in [-0.2, -0.15) is 0 Å². The third-order valence-corrected chi connectivity index (χ3v) is 5.89. The van der Waals surface area contributed by atoms with Gasteiger partial charge in [0.05, 0.1) is 25.0 Å². The van der Waals surface area contributed by atoms with Crippen molar-refractivity contribution in [2.45, 2.75) is 45.1 Å². The number of Topliss-reactive ketones (excluding diaryl/α,β-unsaturated/α-hetero) is 1. The number of rotatable bonds is 4. The van der Waals surface area contributed by atoms with Crippen LogP contribution in [-0.2, 0) is 4.79 Å². The maximum absolute atomic E-state index is 12.8. The fourth-order valence-corrected chi connectivity index (χ4v) is 4.39. The van der Waals surface area contributed by atoms with E-state index in [2.05, 4.69) is 0 Å². The van der Waals surface area contributed by atoms with Crippen LogP contribution in [0.1, 0.15) is 47.2 Å². The van der Waals surface area contributed by atoms with Gasteiger partial charge in [0, 0.05) is 25.9 Å². The van der Waals surface area contributed by atoms with Crippen molar-refractivity contribution >= 4 is 11.7 Å². The lowest BCUT2D eigenvalue weighted by Gasteiger charge is -2.44. The van der Waals surface area contributed by atoms with Crippen molar-refractivity contribution in [2.24, 2.45) is 0 Å². The maximum atomic E-state index is 12.8. The fourth-order valence-electron chi connectivity index (χ4n) is 4.39. The number of hydrogen-bond acceptors (Lipinski definition) is 4. The molecule has 2 aliphatic heterocycles. The normalized spacial score (nSPS) is 17.6. The van der Waals surface area contributed by atoms with Crippen LogP contribution in [0.4, 0.5) is 0 Å². The zero-order valence-electron chi connectivity index (χ0n) is 17.1. The molecule has 29 heavy (non-hydrogen) atoms. The molecule has 152 valence electrons. The Bertz CT molecular complexity index is 914. The fraction of sp³-hybridized carbons (Fsp3) is 0.417. The van der Waals surface area contributed by atoms with E-state index in [1.165, 1.54) is 0 Å². The quantitative estimate of drug-likeness (QED) is 0.785. The van der Waals surface area contributed by atoms with Crippen molar-refractivity contribution < 1.29 is 19.1 Å². The number of aryl methyl sites for hydroxylation is 2. The zero-order valence-corrected chi connectivity index (χ0v) is 17.1. The molecule has 0 saturated carbocycles. The number of piperidine rings is 1. The van der Waals surface area contributed by atoms with Crippen LogP contribution >= 0.6 is 0 Å². The number of para-hydroxylation sites is 1. The molecule has 2 aliphatic rings. The number of nitrogens with zero attached hydrogens (tertiary/aromatic N) is 1. The first kappa shape index (κ1) is 19.5. The third kappa shape index (κ3) is 4.14. The van der Waals surface area contributed by atoms with E-state index in [9.17, 15) is 9.59 Å². The van der Waals surface area contributed by atoms with Crippen molar-refractivity contribution in [3.63, 3.8) is 0 Å². The Morgan fingerprint density at radius 2 is 1.86 bits per heavy atom. The Labute approximate surface area is 171 Å². The summed E-state index contributed by atoms with van der Waals surface area (Å²) in [7, 11) is 0. The van der Waals surface area contributed by atoms with Crippen LogP contribution in [0.25, 0.3) is 0 Å². The maximum Gasteiger partial charge on any atom is 0.226 e. The van der Waals surface area contributed by atoms with Gasteiger partial charge in [-0.3, -0.25) is 9.59 Å². The summed E-state index contributed by atoms with van der Waals surface area (Å²) >= 11 is 0. The summed E-state index contributed by atoms with van der Waals surface area (Å²) in [6.45, 7) is 5.56. The van der Waals surface area contributed by atoms with Crippen LogP contribution in [0, 0.1) is 13.8 Å². The Morgan fingerprint density at radius 1 is 1.14 bits per heavy atom. The number of amides is 1. The highest BCUT2D eigenvalue weighted by Crippen LogP contribution is 2.41. The molecular weight excluding hydrogens is 366 g/mol. The summed E-state index contributed by atoms with van der Waals surface area (Å²) < 4.78 is 12.0. The molecule has 0 aromatic heterocycles. The van der Waals surface area contributed by atoms with Crippen LogP contribution < -0.4 is 9.47 Å². The Balaban J connectivity index is 1.34. The minimum Gasteiger partial charge on any atom is -0.493 e.